The molecule has 14 heavy (non-hydrogen) atoms. The van der Waals surface area contributed by atoms with Gasteiger partial charge in [0.1, 0.15) is 0 Å². The molecule has 0 aliphatic rings. The van der Waals surface area contributed by atoms with Crippen molar-refractivity contribution in [2.24, 2.45) is 11.3 Å². The van der Waals surface area contributed by atoms with E-state index >= 15 is 0 Å². The van der Waals surface area contributed by atoms with Crippen molar-refractivity contribution < 1.29 is 5.11 Å². The first kappa shape index (κ1) is 11.2. The lowest BCUT2D eigenvalue weighted by atomic mass is 9.81. The van der Waals surface area contributed by atoms with Gasteiger partial charge in [0.25, 0.3) is 0 Å². The van der Waals surface area contributed by atoms with Crippen molar-refractivity contribution in [1.82, 2.24) is 9.55 Å². The Hall–Kier alpha value is -0.830. The Kier molecular flexibility index (Phi) is 3.32. The molecule has 3 nitrogen and oxygen atoms in total. The van der Waals surface area contributed by atoms with Crippen LogP contribution < -0.4 is 0 Å². The average Bonchev–Trinajstić information content (AvgIpc) is 2.50. The summed E-state index contributed by atoms with van der Waals surface area (Å²) < 4.78 is 2.03. The molecule has 1 rings (SSSR count). The molecule has 0 atom stereocenters. The highest BCUT2D eigenvalue weighted by Gasteiger charge is 2.23. The zero-order valence-corrected chi connectivity index (χ0v) is 9.49. The van der Waals surface area contributed by atoms with Crippen molar-refractivity contribution >= 4 is 0 Å². The van der Waals surface area contributed by atoms with Crippen LogP contribution in [0.5, 0.6) is 0 Å². The molecular formula is C11H20N2O. The summed E-state index contributed by atoms with van der Waals surface area (Å²) in [5.41, 5.74) is 1.11. The number of hydrogen-bond donors (Lipinski definition) is 1. The van der Waals surface area contributed by atoms with Gasteiger partial charge in [0.05, 0.1) is 24.8 Å². The van der Waals surface area contributed by atoms with E-state index in [2.05, 4.69) is 32.7 Å². The molecule has 1 aromatic heterocycles. The van der Waals surface area contributed by atoms with Crippen molar-refractivity contribution in [2.45, 2.75) is 40.8 Å². The summed E-state index contributed by atoms with van der Waals surface area (Å²) in [4.78, 5) is 4.04. The Morgan fingerprint density at radius 1 is 1.50 bits per heavy atom. The third-order valence-corrected chi connectivity index (χ3v) is 3.10. The minimum Gasteiger partial charge on any atom is -0.390 e. The summed E-state index contributed by atoms with van der Waals surface area (Å²) in [6.45, 7) is 9.87. The van der Waals surface area contributed by atoms with Crippen molar-refractivity contribution in [3.05, 3.63) is 18.2 Å². The average molecular weight is 196 g/mol. The molecule has 0 saturated heterocycles. The summed E-state index contributed by atoms with van der Waals surface area (Å²) in [7, 11) is 0. The monoisotopic (exact) mass is 196 g/mol. The molecular weight excluding hydrogens is 176 g/mol. The summed E-state index contributed by atoms with van der Waals surface area (Å²) in [6.07, 6.45) is 3.51. The van der Waals surface area contributed by atoms with Gasteiger partial charge in [0.2, 0.25) is 0 Å². The maximum atomic E-state index is 9.08. The maximum absolute atomic E-state index is 9.08. The molecule has 0 unspecified atom stereocenters. The first-order valence-corrected chi connectivity index (χ1v) is 5.07. The van der Waals surface area contributed by atoms with Gasteiger partial charge in [-0.05, 0) is 11.3 Å². The second-order valence-corrected chi connectivity index (χ2v) is 4.81. The Labute approximate surface area is 85.8 Å². The van der Waals surface area contributed by atoms with E-state index < -0.39 is 0 Å². The minimum absolute atomic E-state index is 0.0637. The second kappa shape index (κ2) is 4.13. The smallest absolute Gasteiger partial charge is 0.0949 e. The molecule has 0 amide bonds. The topological polar surface area (TPSA) is 38.0 Å². The predicted molar refractivity (Wildman–Crippen MR) is 56.8 cm³/mol. The lowest BCUT2D eigenvalue weighted by Gasteiger charge is -2.30. The molecule has 0 radical (unpaired) electrons. The van der Waals surface area contributed by atoms with Gasteiger partial charge in [-0.3, -0.25) is 0 Å². The molecule has 0 spiro atoms. The quantitative estimate of drug-likeness (QED) is 0.800. The van der Waals surface area contributed by atoms with Crippen molar-refractivity contribution in [1.29, 1.82) is 0 Å². The van der Waals surface area contributed by atoms with E-state index in [9.17, 15) is 0 Å². The summed E-state index contributed by atoms with van der Waals surface area (Å²) in [6, 6.07) is 0. The zero-order chi connectivity index (χ0) is 10.8. The molecule has 0 fully saturated rings. The maximum Gasteiger partial charge on any atom is 0.0949 e. The van der Waals surface area contributed by atoms with E-state index in [0.29, 0.717) is 5.92 Å². The zero-order valence-electron chi connectivity index (χ0n) is 9.49. The van der Waals surface area contributed by atoms with Crippen LogP contribution in [0.2, 0.25) is 0 Å². The fourth-order valence-electron chi connectivity index (χ4n) is 1.24. The SMILES string of the molecule is CC(C)C(C)(C)Cn1cncc1CO. The van der Waals surface area contributed by atoms with Crippen LogP contribution in [0.4, 0.5) is 0 Å². The third-order valence-electron chi connectivity index (χ3n) is 3.10. The van der Waals surface area contributed by atoms with E-state index in [4.69, 9.17) is 5.11 Å². The third kappa shape index (κ3) is 2.35. The normalized spacial score (nSPS) is 12.4. The van der Waals surface area contributed by atoms with Crippen LogP contribution in [-0.4, -0.2) is 14.7 Å². The molecule has 0 bridgehead atoms. The van der Waals surface area contributed by atoms with Gasteiger partial charge in [-0.2, -0.15) is 0 Å². The standard InChI is InChI=1S/C11H20N2O/c1-9(2)11(3,4)7-13-8-12-5-10(13)6-14/h5,8-9,14H,6-7H2,1-4H3. The van der Waals surface area contributed by atoms with E-state index in [-0.39, 0.29) is 12.0 Å². The highest BCUT2D eigenvalue weighted by atomic mass is 16.3. The number of nitrogens with zero attached hydrogens (tertiary/aromatic N) is 2. The lowest BCUT2D eigenvalue weighted by Crippen LogP contribution is -2.26. The van der Waals surface area contributed by atoms with Crippen LogP contribution in [0.1, 0.15) is 33.4 Å². The number of aliphatic hydroxyl groups is 1. The van der Waals surface area contributed by atoms with Gasteiger partial charge in [-0.1, -0.05) is 27.7 Å². The van der Waals surface area contributed by atoms with Crippen LogP contribution >= 0.6 is 0 Å². The number of aliphatic hydroxyl groups excluding tert-OH is 1. The largest absolute Gasteiger partial charge is 0.390 e. The van der Waals surface area contributed by atoms with E-state index in [1.807, 2.05) is 4.57 Å². The fourth-order valence-corrected chi connectivity index (χ4v) is 1.24. The molecule has 0 aliphatic carbocycles. The summed E-state index contributed by atoms with van der Waals surface area (Å²) in [5, 5.41) is 9.08. The molecule has 0 saturated carbocycles. The summed E-state index contributed by atoms with van der Waals surface area (Å²) in [5.74, 6) is 0.608. The highest BCUT2D eigenvalue weighted by molar-refractivity contribution is 4.97. The Morgan fingerprint density at radius 2 is 2.14 bits per heavy atom. The van der Waals surface area contributed by atoms with Gasteiger partial charge in [0.15, 0.2) is 0 Å². The molecule has 80 valence electrons. The van der Waals surface area contributed by atoms with Crippen molar-refractivity contribution in [2.75, 3.05) is 0 Å². The van der Waals surface area contributed by atoms with E-state index in [1.54, 1.807) is 12.5 Å². The van der Waals surface area contributed by atoms with Gasteiger partial charge < -0.3 is 9.67 Å². The molecule has 1 heterocycles. The summed E-state index contributed by atoms with van der Waals surface area (Å²) >= 11 is 0. The van der Waals surface area contributed by atoms with Gasteiger partial charge in [-0.25, -0.2) is 4.98 Å². The number of imidazole rings is 1. The van der Waals surface area contributed by atoms with Crippen LogP contribution in [0.3, 0.4) is 0 Å². The predicted octanol–water partition coefficient (Wildman–Crippen LogP) is 2.06. The minimum atomic E-state index is 0.0637. The molecule has 0 aromatic carbocycles. The van der Waals surface area contributed by atoms with E-state index in [1.165, 1.54) is 0 Å². The van der Waals surface area contributed by atoms with Gasteiger partial charge >= 0.3 is 0 Å². The van der Waals surface area contributed by atoms with Crippen LogP contribution in [0.15, 0.2) is 12.5 Å². The molecule has 3 heteroatoms. The van der Waals surface area contributed by atoms with Crippen LogP contribution in [0, 0.1) is 11.3 Å². The number of aromatic nitrogens is 2. The van der Waals surface area contributed by atoms with Gasteiger partial charge in [0, 0.05) is 6.54 Å². The highest BCUT2D eigenvalue weighted by Crippen LogP contribution is 2.28. The fraction of sp³-hybridized carbons (Fsp3) is 0.727. The molecule has 1 N–H and O–H groups in total. The second-order valence-electron chi connectivity index (χ2n) is 4.81. The number of rotatable bonds is 4. The van der Waals surface area contributed by atoms with E-state index in [0.717, 1.165) is 12.2 Å². The lowest BCUT2D eigenvalue weighted by molar-refractivity contribution is 0.199. The van der Waals surface area contributed by atoms with Crippen molar-refractivity contribution in [3.63, 3.8) is 0 Å². The van der Waals surface area contributed by atoms with Crippen LogP contribution in [0.25, 0.3) is 0 Å². The first-order valence-electron chi connectivity index (χ1n) is 5.07. The van der Waals surface area contributed by atoms with Crippen LogP contribution in [-0.2, 0) is 13.2 Å². The number of hydrogen-bond acceptors (Lipinski definition) is 2. The molecule has 0 aliphatic heterocycles. The molecule has 1 aromatic rings. The Morgan fingerprint density at radius 3 is 2.64 bits per heavy atom. The van der Waals surface area contributed by atoms with Crippen molar-refractivity contribution in [3.8, 4) is 0 Å². The first-order chi connectivity index (χ1) is 6.47. The Bertz CT molecular complexity index is 289. The van der Waals surface area contributed by atoms with Gasteiger partial charge in [-0.15, -0.1) is 0 Å². The Balaban J connectivity index is 2.78.